The highest BCUT2D eigenvalue weighted by atomic mass is 32.2. The topological polar surface area (TPSA) is 63.4 Å². The molecule has 1 unspecified atom stereocenters. The van der Waals surface area contributed by atoms with Gasteiger partial charge in [-0.15, -0.1) is 0 Å². The normalized spacial score (nSPS) is 13.2. The number of hydrogen-bond acceptors (Lipinski definition) is 3. The molecule has 0 aliphatic heterocycles. The van der Waals surface area contributed by atoms with Crippen LogP contribution in [-0.4, -0.2) is 18.8 Å². The smallest absolute Gasteiger partial charge is 0.245 e. The number of anilines is 1. The average Bonchev–Trinajstić information content (AvgIpc) is 2.56. The molecule has 0 aliphatic carbocycles. The summed E-state index contributed by atoms with van der Waals surface area (Å²) in [4.78, 5) is 0.196. The lowest BCUT2D eigenvalue weighted by molar-refractivity contribution is 0.323. The van der Waals surface area contributed by atoms with Gasteiger partial charge in [0.25, 0.3) is 0 Å². The Hall–Kier alpha value is -1.85. The molecule has 0 radical (unpaired) electrons. The molecule has 2 aromatic rings. The highest BCUT2D eigenvalue weighted by Crippen LogP contribution is 2.28. The van der Waals surface area contributed by atoms with E-state index in [9.17, 15) is 8.42 Å². The second kappa shape index (κ2) is 7.36. The van der Waals surface area contributed by atoms with E-state index in [1.165, 1.54) is 0 Å². The maximum absolute atomic E-state index is 13.3. The zero-order valence-corrected chi connectivity index (χ0v) is 15.6. The molecule has 24 heavy (non-hydrogen) atoms. The van der Waals surface area contributed by atoms with Gasteiger partial charge in [-0.1, -0.05) is 37.3 Å². The van der Waals surface area contributed by atoms with Gasteiger partial charge in [0.2, 0.25) is 10.0 Å². The van der Waals surface area contributed by atoms with E-state index in [0.717, 1.165) is 23.1 Å². The van der Waals surface area contributed by atoms with E-state index in [2.05, 4.69) is 0 Å². The second-order valence-corrected chi connectivity index (χ2v) is 8.13. The monoisotopic (exact) mass is 346 g/mol. The van der Waals surface area contributed by atoms with Crippen LogP contribution in [0.15, 0.2) is 47.4 Å². The van der Waals surface area contributed by atoms with Crippen LogP contribution in [0.4, 0.5) is 5.69 Å². The Morgan fingerprint density at radius 2 is 1.67 bits per heavy atom. The number of sulfonamides is 1. The summed E-state index contributed by atoms with van der Waals surface area (Å²) in [6.07, 6.45) is 0.733. The molecule has 130 valence electrons. The summed E-state index contributed by atoms with van der Waals surface area (Å²) in [7, 11) is -3.67. The average molecular weight is 346 g/mol. The summed E-state index contributed by atoms with van der Waals surface area (Å²) in [6.45, 7) is 8.08. The van der Waals surface area contributed by atoms with Crippen LogP contribution in [-0.2, 0) is 16.6 Å². The van der Waals surface area contributed by atoms with E-state index in [1.807, 2.05) is 58.0 Å². The molecular weight excluding hydrogens is 320 g/mol. The Morgan fingerprint density at radius 3 is 2.25 bits per heavy atom. The summed E-state index contributed by atoms with van der Waals surface area (Å²) >= 11 is 0. The van der Waals surface area contributed by atoms with Crippen LogP contribution in [0.5, 0.6) is 0 Å². The van der Waals surface area contributed by atoms with Gasteiger partial charge in [0.05, 0.1) is 5.69 Å². The molecular formula is C19H26N2O2S. The van der Waals surface area contributed by atoms with E-state index in [-0.39, 0.29) is 10.9 Å². The number of nitrogens with two attached hydrogens (primary N) is 1. The Balaban J connectivity index is 2.50. The van der Waals surface area contributed by atoms with E-state index in [4.69, 9.17) is 5.73 Å². The molecule has 0 fully saturated rings. The number of hydrogen-bond donors (Lipinski definition) is 1. The first-order valence-electron chi connectivity index (χ1n) is 8.19. The molecule has 0 bridgehead atoms. The van der Waals surface area contributed by atoms with Crippen LogP contribution in [0, 0.1) is 13.8 Å². The maximum Gasteiger partial charge on any atom is 0.245 e. The molecule has 0 spiro atoms. The van der Waals surface area contributed by atoms with Crippen LogP contribution >= 0.6 is 0 Å². The largest absolute Gasteiger partial charge is 0.398 e. The SMILES string of the molecule is CCC(C)N(Cc1ccccc1)S(=O)(=O)c1cc(C)c(C)cc1N. The molecule has 5 heteroatoms. The standard InChI is InChI=1S/C19H26N2O2S/c1-5-16(4)21(13-17-9-7-6-8-10-17)24(22,23)19-12-15(3)14(2)11-18(19)20/h6-12,16H,5,13,20H2,1-4H3. The Kier molecular flexibility index (Phi) is 5.67. The first-order valence-corrected chi connectivity index (χ1v) is 9.63. The fourth-order valence-electron chi connectivity index (χ4n) is 2.61. The Bertz CT molecular complexity index is 802. The Labute approximate surface area is 145 Å². The van der Waals surface area contributed by atoms with Gasteiger partial charge in [-0.2, -0.15) is 4.31 Å². The summed E-state index contributed by atoms with van der Waals surface area (Å²) in [5, 5.41) is 0. The van der Waals surface area contributed by atoms with E-state index < -0.39 is 10.0 Å². The minimum absolute atomic E-state index is 0.115. The number of nitrogens with zero attached hydrogens (tertiary/aromatic N) is 1. The van der Waals surface area contributed by atoms with E-state index in [0.29, 0.717) is 12.2 Å². The molecule has 0 saturated heterocycles. The third-order valence-corrected chi connectivity index (χ3v) is 6.49. The molecule has 0 amide bonds. The minimum atomic E-state index is -3.67. The minimum Gasteiger partial charge on any atom is -0.398 e. The molecule has 0 saturated carbocycles. The van der Waals surface area contributed by atoms with Crippen LogP contribution < -0.4 is 5.73 Å². The molecule has 2 N–H and O–H groups in total. The molecule has 4 nitrogen and oxygen atoms in total. The Morgan fingerprint density at radius 1 is 1.08 bits per heavy atom. The second-order valence-electron chi connectivity index (χ2n) is 6.27. The number of benzene rings is 2. The van der Waals surface area contributed by atoms with Crippen molar-refractivity contribution >= 4 is 15.7 Å². The van der Waals surface area contributed by atoms with Crippen molar-refractivity contribution in [1.82, 2.24) is 4.31 Å². The maximum atomic E-state index is 13.3. The van der Waals surface area contributed by atoms with Gasteiger partial charge in [-0.25, -0.2) is 8.42 Å². The van der Waals surface area contributed by atoms with Crippen molar-refractivity contribution in [2.45, 2.75) is 51.6 Å². The lowest BCUT2D eigenvalue weighted by Gasteiger charge is -2.28. The summed E-state index contributed by atoms with van der Waals surface area (Å²) in [5.41, 5.74) is 9.22. The fraction of sp³-hybridized carbons (Fsp3) is 0.368. The lowest BCUT2D eigenvalue weighted by atomic mass is 10.1. The highest BCUT2D eigenvalue weighted by molar-refractivity contribution is 7.89. The van der Waals surface area contributed by atoms with Crippen molar-refractivity contribution in [3.63, 3.8) is 0 Å². The van der Waals surface area contributed by atoms with E-state index >= 15 is 0 Å². The highest BCUT2D eigenvalue weighted by Gasteiger charge is 2.30. The first-order chi connectivity index (χ1) is 11.3. The molecule has 0 aromatic heterocycles. The van der Waals surface area contributed by atoms with Gasteiger partial charge in [0.15, 0.2) is 0 Å². The third kappa shape index (κ3) is 3.79. The predicted octanol–water partition coefficient (Wildman–Crippen LogP) is 3.88. The van der Waals surface area contributed by atoms with Crippen molar-refractivity contribution in [3.8, 4) is 0 Å². The zero-order valence-electron chi connectivity index (χ0n) is 14.8. The van der Waals surface area contributed by atoms with Crippen LogP contribution in [0.25, 0.3) is 0 Å². The number of nitrogen functional groups attached to an aromatic ring is 1. The van der Waals surface area contributed by atoms with Crippen LogP contribution in [0.1, 0.15) is 37.0 Å². The molecule has 0 heterocycles. The molecule has 1 atom stereocenters. The number of rotatable bonds is 6. The van der Waals surface area contributed by atoms with Crippen molar-refractivity contribution in [1.29, 1.82) is 0 Å². The molecule has 2 aromatic carbocycles. The van der Waals surface area contributed by atoms with Crippen LogP contribution in [0.3, 0.4) is 0 Å². The van der Waals surface area contributed by atoms with Crippen molar-refractivity contribution in [3.05, 3.63) is 59.2 Å². The van der Waals surface area contributed by atoms with Crippen LogP contribution in [0.2, 0.25) is 0 Å². The third-order valence-electron chi connectivity index (χ3n) is 4.48. The summed E-state index contributed by atoms with van der Waals surface area (Å²) in [6, 6.07) is 12.9. The van der Waals surface area contributed by atoms with Crippen molar-refractivity contribution < 1.29 is 8.42 Å². The first kappa shape index (κ1) is 18.5. The quantitative estimate of drug-likeness (QED) is 0.808. The van der Waals surface area contributed by atoms with Gasteiger partial charge >= 0.3 is 0 Å². The zero-order chi connectivity index (χ0) is 17.9. The molecule has 2 rings (SSSR count). The fourth-order valence-corrected chi connectivity index (χ4v) is 4.48. The molecule has 0 aliphatic rings. The number of aryl methyl sites for hydroxylation is 2. The van der Waals surface area contributed by atoms with E-state index in [1.54, 1.807) is 16.4 Å². The van der Waals surface area contributed by atoms with Gasteiger partial charge < -0.3 is 5.73 Å². The van der Waals surface area contributed by atoms with Gasteiger partial charge in [-0.3, -0.25) is 0 Å². The lowest BCUT2D eigenvalue weighted by Crippen LogP contribution is -2.38. The summed E-state index contributed by atoms with van der Waals surface area (Å²) < 4.78 is 28.1. The van der Waals surface area contributed by atoms with Crippen molar-refractivity contribution in [2.24, 2.45) is 0 Å². The van der Waals surface area contributed by atoms with Gasteiger partial charge in [0, 0.05) is 12.6 Å². The summed E-state index contributed by atoms with van der Waals surface area (Å²) in [5.74, 6) is 0. The van der Waals surface area contributed by atoms with Gasteiger partial charge in [-0.05, 0) is 56.0 Å². The van der Waals surface area contributed by atoms with Gasteiger partial charge in [0.1, 0.15) is 4.90 Å². The van der Waals surface area contributed by atoms with Crippen molar-refractivity contribution in [2.75, 3.05) is 5.73 Å². The predicted molar refractivity (Wildman–Crippen MR) is 99.3 cm³/mol.